The number of halogens is 4. The quantitative estimate of drug-likeness (QED) is 0.602. The van der Waals surface area contributed by atoms with Crippen molar-refractivity contribution in [2.75, 3.05) is 5.88 Å². The van der Waals surface area contributed by atoms with Crippen LogP contribution in [0.25, 0.3) is 16.7 Å². The summed E-state index contributed by atoms with van der Waals surface area (Å²) in [5, 5.41) is 0. The first kappa shape index (κ1) is 14.5. The lowest BCUT2D eigenvalue weighted by Crippen LogP contribution is -2.02. The summed E-state index contributed by atoms with van der Waals surface area (Å²) < 4.78 is 29.3. The molecule has 0 aliphatic heterocycles. The third-order valence-corrected chi connectivity index (χ3v) is 3.95. The Balaban J connectivity index is 2.32. The van der Waals surface area contributed by atoms with Crippen molar-refractivity contribution in [1.29, 1.82) is 0 Å². The monoisotopic (exact) mass is 370 g/mol. The van der Waals surface area contributed by atoms with Gasteiger partial charge in [-0.2, -0.15) is 0 Å². The van der Waals surface area contributed by atoms with E-state index in [1.807, 2.05) is 0 Å². The van der Waals surface area contributed by atoms with Crippen LogP contribution in [-0.2, 0) is 6.42 Å². The Labute approximate surface area is 133 Å². The number of rotatable bonds is 3. The Morgan fingerprint density at radius 2 is 2.00 bits per heavy atom. The van der Waals surface area contributed by atoms with Crippen LogP contribution >= 0.6 is 27.5 Å². The first-order valence-electron chi connectivity index (χ1n) is 6.28. The summed E-state index contributed by atoms with van der Waals surface area (Å²) in [6.45, 7) is 0. The van der Waals surface area contributed by atoms with Crippen molar-refractivity contribution in [3.63, 3.8) is 0 Å². The van der Waals surface area contributed by atoms with Gasteiger partial charge in [-0.3, -0.25) is 4.57 Å². The molecular formula is C15H10BrClF2N2. The summed E-state index contributed by atoms with van der Waals surface area (Å²) in [7, 11) is 0. The van der Waals surface area contributed by atoms with E-state index in [1.54, 1.807) is 22.8 Å². The van der Waals surface area contributed by atoms with Gasteiger partial charge in [0.2, 0.25) is 0 Å². The van der Waals surface area contributed by atoms with Crippen LogP contribution in [0.1, 0.15) is 5.82 Å². The molecule has 2 nitrogen and oxygen atoms in total. The molecule has 2 aromatic carbocycles. The minimum atomic E-state index is -0.385. The number of aromatic nitrogens is 2. The molecule has 1 aromatic heterocycles. The number of imidazole rings is 1. The van der Waals surface area contributed by atoms with Crippen LogP contribution in [-0.4, -0.2) is 15.4 Å². The molecule has 6 heteroatoms. The zero-order valence-corrected chi connectivity index (χ0v) is 13.1. The molecule has 0 amide bonds. The molecule has 0 bridgehead atoms. The maximum absolute atomic E-state index is 13.7. The van der Waals surface area contributed by atoms with Crippen molar-refractivity contribution in [3.05, 3.63) is 58.3 Å². The van der Waals surface area contributed by atoms with Crippen LogP contribution in [0.2, 0.25) is 0 Å². The summed E-state index contributed by atoms with van der Waals surface area (Å²) in [6.07, 6.45) is 0.506. The van der Waals surface area contributed by atoms with Gasteiger partial charge in [0.1, 0.15) is 17.5 Å². The van der Waals surface area contributed by atoms with Crippen molar-refractivity contribution in [3.8, 4) is 5.69 Å². The van der Waals surface area contributed by atoms with Gasteiger partial charge in [-0.15, -0.1) is 11.6 Å². The van der Waals surface area contributed by atoms with Gasteiger partial charge >= 0.3 is 0 Å². The first-order chi connectivity index (χ1) is 10.1. The van der Waals surface area contributed by atoms with Gasteiger partial charge in [-0.1, -0.05) is 6.07 Å². The Morgan fingerprint density at radius 3 is 2.71 bits per heavy atom. The zero-order chi connectivity index (χ0) is 15.0. The lowest BCUT2D eigenvalue weighted by Gasteiger charge is -2.09. The van der Waals surface area contributed by atoms with E-state index in [0.717, 1.165) is 0 Å². The maximum atomic E-state index is 13.7. The molecule has 0 unspecified atom stereocenters. The molecule has 0 fully saturated rings. The molecular weight excluding hydrogens is 362 g/mol. The van der Waals surface area contributed by atoms with E-state index < -0.39 is 0 Å². The fraction of sp³-hybridized carbons (Fsp3) is 0.133. The molecule has 108 valence electrons. The number of fused-ring (bicyclic) bond motifs is 1. The second-order valence-electron chi connectivity index (χ2n) is 4.54. The summed E-state index contributed by atoms with van der Waals surface area (Å²) >= 11 is 8.98. The average Bonchev–Trinajstić information content (AvgIpc) is 2.77. The fourth-order valence-electron chi connectivity index (χ4n) is 2.28. The molecule has 0 radical (unpaired) electrons. The van der Waals surface area contributed by atoms with Crippen molar-refractivity contribution in [2.24, 2.45) is 0 Å². The normalized spacial score (nSPS) is 11.2. The van der Waals surface area contributed by atoms with Crippen molar-refractivity contribution < 1.29 is 8.78 Å². The number of aryl methyl sites for hydroxylation is 1. The van der Waals surface area contributed by atoms with Gasteiger partial charge in [0, 0.05) is 18.4 Å². The highest BCUT2D eigenvalue weighted by molar-refractivity contribution is 9.10. The summed E-state index contributed by atoms with van der Waals surface area (Å²) in [4.78, 5) is 4.41. The zero-order valence-electron chi connectivity index (χ0n) is 10.8. The number of alkyl halides is 1. The van der Waals surface area contributed by atoms with Crippen molar-refractivity contribution >= 4 is 38.6 Å². The third-order valence-electron chi connectivity index (χ3n) is 3.15. The SMILES string of the molecule is Fc1cccc(-n2c(CCCl)nc3cc(F)c(Br)cc32)c1. The highest BCUT2D eigenvalue weighted by Crippen LogP contribution is 2.27. The highest BCUT2D eigenvalue weighted by atomic mass is 79.9. The summed E-state index contributed by atoms with van der Waals surface area (Å²) in [5.74, 6) is 0.321. The number of hydrogen-bond donors (Lipinski definition) is 0. The lowest BCUT2D eigenvalue weighted by atomic mass is 10.2. The van der Waals surface area contributed by atoms with Crippen LogP contribution < -0.4 is 0 Å². The number of benzene rings is 2. The average molecular weight is 372 g/mol. The smallest absolute Gasteiger partial charge is 0.139 e. The van der Waals surface area contributed by atoms with Crippen LogP contribution in [0.3, 0.4) is 0 Å². The maximum Gasteiger partial charge on any atom is 0.139 e. The van der Waals surface area contributed by atoms with Crippen LogP contribution in [0.4, 0.5) is 8.78 Å². The fourth-order valence-corrected chi connectivity index (χ4v) is 2.78. The van der Waals surface area contributed by atoms with Crippen LogP contribution in [0.15, 0.2) is 40.9 Å². The van der Waals surface area contributed by atoms with Crippen LogP contribution in [0.5, 0.6) is 0 Å². The van der Waals surface area contributed by atoms with E-state index in [4.69, 9.17) is 11.6 Å². The highest BCUT2D eigenvalue weighted by Gasteiger charge is 2.15. The summed E-state index contributed by atoms with van der Waals surface area (Å²) in [5.41, 5.74) is 1.85. The van der Waals surface area contributed by atoms with Gasteiger partial charge in [0.05, 0.1) is 21.2 Å². The lowest BCUT2D eigenvalue weighted by molar-refractivity contribution is 0.622. The van der Waals surface area contributed by atoms with Crippen molar-refractivity contribution in [1.82, 2.24) is 9.55 Å². The molecule has 0 N–H and O–H groups in total. The molecule has 1 heterocycles. The Kier molecular flexibility index (Phi) is 3.95. The largest absolute Gasteiger partial charge is 0.296 e. The second-order valence-corrected chi connectivity index (χ2v) is 5.77. The molecule has 3 aromatic rings. The minimum absolute atomic E-state index is 0.338. The molecule has 0 spiro atoms. The van der Waals surface area contributed by atoms with E-state index in [1.165, 1.54) is 18.2 Å². The molecule has 0 aliphatic rings. The molecule has 0 aliphatic carbocycles. The number of hydrogen-bond acceptors (Lipinski definition) is 1. The number of nitrogens with zero attached hydrogens (tertiary/aromatic N) is 2. The second kappa shape index (κ2) is 5.73. The van der Waals surface area contributed by atoms with E-state index in [2.05, 4.69) is 20.9 Å². The van der Waals surface area contributed by atoms with Gasteiger partial charge in [0.15, 0.2) is 0 Å². The molecule has 0 saturated carbocycles. The van der Waals surface area contributed by atoms with Gasteiger partial charge in [0.25, 0.3) is 0 Å². The topological polar surface area (TPSA) is 17.8 Å². The van der Waals surface area contributed by atoms with E-state index in [-0.39, 0.29) is 11.6 Å². The van der Waals surface area contributed by atoms with Gasteiger partial charge in [-0.25, -0.2) is 13.8 Å². The molecule has 0 atom stereocenters. The Morgan fingerprint density at radius 1 is 1.19 bits per heavy atom. The third kappa shape index (κ3) is 2.68. The van der Waals surface area contributed by atoms with Crippen molar-refractivity contribution in [2.45, 2.75) is 6.42 Å². The molecule has 0 saturated heterocycles. The molecule has 21 heavy (non-hydrogen) atoms. The van der Waals surface area contributed by atoms with Gasteiger partial charge in [-0.05, 0) is 40.2 Å². The standard InChI is InChI=1S/C15H10BrClF2N2/c16-11-7-14-13(8-12(11)19)20-15(4-5-17)21(14)10-3-1-2-9(18)6-10/h1-3,6-8H,4-5H2. The molecule has 3 rings (SSSR count). The van der Waals surface area contributed by atoms with Gasteiger partial charge < -0.3 is 0 Å². The predicted molar refractivity (Wildman–Crippen MR) is 83.1 cm³/mol. The Hall–Kier alpha value is -1.46. The summed E-state index contributed by atoms with van der Waals surface area (Å²) in [6, 6.07) is 9.18. The minimum Gasteiger partial charge on any atom is -0.296 e. The van der Waals surface area contributed by atoms with E-state index in [9.17, 15) is 8.78 Å². The van der Waals surface area contributed by atoms with E-state index >= 15 is 0 Å². The Bertz CT molecular complexity index is 817. The van der Waals surface area contributed by atoms with E-state index in [0.29, 0.717) is 39.3 Å². The first-order valence-corrected chi connectivity index (χ1v) is 7.61. The predicted octanol–water partition coefficient (Wildman–Crippen LogP) is 4.85. The van der Waals surface area contributed by atoms with Crippen LogP contribution in [0, 0.1) is 11.6 Å².